The molecule has 7 nitrogen and oxygen atoms in total. The topological polar surface area (TPSA) is 63.6 Å². The Hall–Kier alpha value is -2.41. The van der Waals surface area contributed by atoms with Gasteiger partial charge in [-0.3, -0.25) is 4.90 Å². The van der Waals surface area contributed by atoms with Gasteiger partial charge in [-0.15, -0.1) is 4.98 Å². The molecular weight excluding hydrogens is 306 g/mol. The average molecular weight is 329 g/mol. The van der Waals surface area contributed by atoms with Crippen LogP contribution in [0.1, 0.15) is 5.56 Å². The maximum absolute atomic E-state index is 5.12. The third kappa shape index (κ3) is 4.11. The third-order valence-electron chi connectivity index (χ3n) is 4.16. The van der Waals surface area contributed by atoms with E-state index in [0.29, 0.717) is 5.95 Å². The molecule has 0 spiro atoms. The van der Waals surface area contributed by atoms with Crippen LogP contribution in [0.4, 0.5) is 5.95 Å². The highest BCUT2D eigenvalue weighted by Gasteiger charge is 2.20. The van der Waals surface area contributed by atoms with E-state index in [1.807, 2.05) is 0 Å². The van der Waals surface area contributed by atoms with Crippen LogP contribution in [-0.4, -0.2) is 66.8 Å². The Balaban J connectivity index is 1.55. The summed E-state index contributed by atoms with van der Waals surface area (Å²) in [4.78, 5) is 17.3. The molecule has 1 fully saturated rings. The van der Waals surface area contributed by atoms with Crippen molar-refractivity contribution in [3.63, 3.8) is 0 Å². The van der Waals surface area contributed by atoms with Gasteiger partial charge in [0.05, 0.1) is 14.2 Å². The molecule has 2 aromatic rings. The van der Waals surface area contributed by atoms with Crippen molar-refractivity contribution in [2.24, 2.45) is 0 Å². The number of rotatable bonds is 6. The molecule has 0 atom stereocenters. The van der Waals surface area contributed by atoms with Crippen molar-refractivity contribution in [2.75, 3.05) is 51.8 Å². The molecule has 2 heterocycles. The Morgan fingerprint density at radius 2 is 1.50 bits per heavy atom. The zero-order valence-electron chi connectivity index (χ0n) is 14.2. The van der Waals surface area contributed by atoms with Crippen molar-refractivity contribution in [3.05, 3.63) is 35.9 Å². The second-order valence-electron chi connectivity index (χ2n) is 5.67. The number of piperazine rings is 1. The van der Waals surface area contributed by atoms with E-state index in [9.17, 15) is 0 Å². The summed E-state index contributed by atoms with van der Waals surface area (Å²) in [6.07, 6.45) is 1.08. The SMILES string of the molecule is COc1nc(OC)nc(N2CCN(CCc3ccccc3)CC2)n1. The van der Waals surface area contributed by atoms with Gasteiger partial charge in [0.1, 0.15) is 0 Å². The van der Waals surface area contributed by atoms with Gasteiger partial charge in [-0.05, 0) is 12.0 Å². The van der Waals surface area contributed by atoms with Gasteiger partial charge in [0.25, 0.3) is 0 Å². The van der Waals surface area contributed by atoms with Crippen LogP contribution in [0.2, 0.25) is 0 Å². The van der Waals surface area contributed by atoms with Crippen LogP contribution in [0.3, 0.4) is 0 Å². The van der Waals surface area contributed by atoms with Gasteiger partial charge >= 0.3 is 12.0 Å². The number of hydrogen-bond acceptors (Lipinski definition) is 7. The third-order valence-corrected chi connectivity index (χ3v) is 4.16. The molecule has 0 amide bonds. The summed E-state index contributed by atoms with van der Waals surface area (Å²) in [6.45, 7) is 4.81. The van der Waals surface area contributed by atoms with Crippen LogP contribution < -0.4 is 14.4 Å². The van der Waals surface area contributed by atoms with Crippen LogP contribution in [0.25, 0.3) is 0 Å². The van der Waals surface area contributed by atoms with Crippen molar-refractivity contribution in [1.29, 1.82) is 0 Å². The predicted octanol–water partition coefficient (Wildman–Crippen LogP) is 1.25. The van der Waals surface area contributed by atoms with Gasteiger partial charge in [-0.1, -0.05) is 30.3 Å². The van der Waals surface area contributed by atoms with Crippen molar-refractivity contribution < 1.29 is 9.47 Å². The fourth-order valence-electron chi connectivity index (χ4n) is 2.76. The lowest BCUT2D eigenvalue weighted by molar-refractivity contribution is 0.258. The summed E-state index contributed by atoms with van der Waals surface area (Å²) in [5.74, 6) is 0.612. The van der Waals surface area contributed by atoms with Gasteiger partial charge in [0.15, 0.2) is 0 Å². The van der Waals surface area contributed by atoms with Crippen molar-refractivity contribution in [2.45, 2.75) is 6.42 Å². The lowest BCUT2D eigenvalue weighted by Crippen LogP contribution is -2.47. The van der Waals surface area contributed by atoms with Gasteiger partial charge in [0, 0.05) is 32.7 Å². The number of aromatic nitrogens is 3. The molecule has 0 N–H and O–H groups in total. The molecule has 7 heteroatoms. The molecule has 128 valence electrons. The molecule has 0 bridgehead atoms. The van der Waals surface area contributed by atoms with Crippen LogP contribution in [0, 0.1) is 0 Å². The summed E-state index contributed by atoms with van der Waals surface area (Å²) >= 11 is 0. The molecule has 1 saturated heterocycles. The van der Waals surface area contributed by atoms with Gasteiger partial charge in [0.2, 0.25) is 5.95 Å². The molecule has 0 saturated carbocycles. The minimum atomic E-state index is 0.281. The van der Waals surface area contributed by atoms with E-state index in [-0.39, 0.29) is 12.0 Å². The standard InChI is InChI=1S/C17H23N5O2/c1-23-16-18-15(19-17(20-16)24-2)22-12-10-21(11-13-22)9-8-14-6-4-3-5-7-14/h3-7H,8-13H2,1-2H3. The van der Waals surface area contributed by atoms with E-state index in [4.69, 9.17) is 9.47 Å². The summed E-state index contributed by atoms with van der Waals surface area (Å²) in [7, 11) is 3.08. The Morgan fingerprint density at radius 3 is 2.08 bits per heavy atom. The lowest BCUT2D eigenvalue weighted by Gasteiger charge is -2.34. The number of methoxy groups -OCH3 is 2. The minimum absolute atomic E-state index is 0.281. The molecule has 1 aromatic carbocycles. The van der Waals surface area contributed by atoms with E-state index in [0.717, 1.165) is 39.1 Å². The molecule has 0 radical (unpaired) electrons. The summed E-state index contributed by atoms with van der Waals surface area (Å²) in [6, 6.07) is 11.2. The zero-order valence-corrected chi connectivity index (χ0v) is 14.2. The molecule has 24 heavy (non-hydrogen) atoms. The Morgan fingerprint density at radius 1 is 0.875 bits per heavy atom. The summed E-state index contributed by atoms with van der Waals surface area (Å²) in [5, 5.41) is 0. The van der Waals surface area contributed by atoms with E-state index in [1.54, 1.807) is 14.2 Å². The highest BCUT2D eigenvalue weighted by molar-refractivity contribution is 5.33. The summed E-state index contributed by atoms with van der Waals surface area (Å²) in [5.41, 5.74) is 1.38. The smallest absolute Gasteiger partial charge is 0.324 e. The molecule has 3 rings (SSSR count). The molecule has 0 unspecified atom stereocenters. The zero-order chi connectivity index (χ0) is 16.8. The van der Waals surface area contributed by atoms with Crippen molar-refractivity contribution >= 4 is 5.95 Å². The van der Waals surface area contributed by atoms with Gasteiger partial charge < -0.3 is 14.4 Å². The molecule has 1 aromatic heterocycles. The Bertz CT molecular complexity index is 622. The first-order chi connectivity index (χ1) is 11.8. The van der Waals surface area contributed by atoms with Crippen molar-refractivity contribution in [1.82, 2.24) is 19.9 Å². The first-order valence-electron chi connectivity index (χ1n) is 8.14. The van der Waals surface area contributed by atoms with Crippen LogP contribution in [0.5, 0.6) is 12.0 Å². The molecule has 1 aliphatic heterocycles. The minimum Gasteiger partial charge on any atom is -0.467 e. The Labute approximate surface area is 142 Å². The highest BCUT2D eigenvalue weighted by Crippen LogP contribution is 2.17. The predicted molar refractivity (Wildman–Crippen MR) is 91.7 cm³/mol. The second kappa shape index (κ2) is 7.92. The lowest BCUT2D eigenvalue weighted by atomic mass is 10.1. The van der Waals surface area contributed by atoms with Crippen LogP contribution in [-0.2, 0) is 6.42 Å². The molecule has 0 aliphatic carbocycles. The fraction of sp³-hybridized carbons (Fsp3) is 0.471. The normalized spacial score (nSPS) is 15.3. The van der Waals surface area contributed by atoms with Crippen LogP contribution >= 0.6 is 0 Å². The van der Waals surface area contributed by atoms with Crippen molar-refractivity contribution in [3.8, 4) is 12.0 Å². The number of ether oxygens (including phenoxy) is 2. The number of hydrogen-bond donors (Lipinski definition) is 0. The number of anilines is 1. The number of benzene rings is 1. The molecular formula is C17H23N5O2. The van der Waals surface area contributed by atoms with Gasteiger partial charge in [-0.25, -0.2) is 0 Å². The van der Waals surface area contributed by atoms with Gasteiger partial charge in [-0.2, -0.15) is 9.97 Å². The first kappa shape index (κ1) is 16.4. The average Bonchev–Trinajstić information content (AvgIpc) is 2.67. The highest BCUT2D eigenvalue weighted by atomic mass is 16.5. The van der Waals surface area contributed by atoms with E-state index in [2.05, 4.69) is 55.1 Å². The maximum atomic E-state index is 5.12. The summed E-state index contributed by atoms with van der Waals surface area (Å²) < 4.78 is 10.2. The van der Waals surface area contributed by atoms with Crippen LogP contribution in [0.15, 0.2) is 30.3 Å². The maximum Gasteiger partial charge on any atom is 0.324 e. The van der Waals surface area contributed by atoms with E-state index in [1.165, 1.54) is 5.56 Å². The number of nitrogens with zero attached hydrogens (tertiary/aromatic N) is 5. The Kier molecular flexibility index (Phi) is 5.43. The molecule has 1 aliphatic rings. The van der Waals surface area contributed by atoms with E-state index < -0.39 is 0 Å². The fourth-order valence-corrected chi connectivity index (χ4v) is 2.76. The first-order valence-corrected chi connectivity index (χ1v) is 8.14. The monoisotopic (exact) mass is 329 g/mol. The van der Waals surface area contributed by atoms with E-state index >= 15 is 0 Å². The largest absolute Gasteiger partial charge is 0.467 e. The second-order valence-corrected chi connectivity index (χ2v) is 5.67. The quantitative estimate of drug-likeness (QED) is 0.790.